The molecule has 3 saturated heterocycles. The summed E-state index contributed by atoms with van der Waals surface area (Å²) in [4.78, 5) is 142. The molecule has 26 nitrogen and oxygen atoms in total. The maximum Gasteiger partial charge on any atom is 0.416 e. The fourth-order valence-electron chi connectivity index (χ4n) is 13.4. The van der Waals surface area contributed by atoms with Crippen molar-refractivity contribution in [1.29, 1.82) is 0 Å². The number of rotatable bonds is 34. The van der Waals surface area contributed by atoms with Crippen LogP contribution in [0.2, 0.25) is 0 Å². The number of nitrogens with zero attached hydrogens (tertiary/aromatic N) is 5. The number of carbonyl (C=O) groups is 10. The molecule has 4 aromatic carbocycles. The van der Waals surface area contributed by atoms with Crippen molar-refractivity contribution in [2.24, 2.45) is 23.5 Å². The van der Waals surface area contributed by atoms with Gasteiger partial charge in [0.15, 0.2) is 29.7 Å². The second-order valence-corrected chi connectivity index (χ2v) is 31.8. The van der Waals surface area contributed by atoms with Gasteiger partial charge in [0.25, 0.3) is 11.8 Å². The Bertz CT molecular complexity index is 3900. The van der Waals surface area contributed by atoms with Crippen LogP contribution in [0.1, 0.15) is 168 Å². The summed E-state index contributed by atoms with van der Waals surface area (Å²) in [7, 11) is 4.81. The first kappa shape index (κ1) is 80.1. The number of hydrogen-bond donors (Lipinski definition) is 6. The molecule has 0 saturated carbocycles. The molecule has 5 aliphatic rings. The number of nitrogens with one attached hydrogen (secondary N) is 2. The number of hydrogen-bond acceptors (Lipinski definition) is 20. The summed E-state index contributed by atoms with van der Waals surface area (Å²) in [6.45, 7) is 19.9. The first-order chi connectivity index (χ1) is 50.0. The third kappa shape index (κ3) is 20.6. The number of ether oxygens (including phenoxy) is 5. The SMILES string of the molecule is C=C1C[C@H]2C(O)N(C(=O)OCc3ccc(CC(=O)[C@H](CCCNC(N)=O)NC(=O)[C@@H](CC(=O)CCCCCN4C(=O)CC(C)C4=O)C(C)C)cc3)c3cc(OCCCCCOc4cc5c(cc4OC)C(=O)N4CC(=C)C[C@H]4C(O)N5C(=O)OCc4ccc(SSC(C)(C)C)cc4)c(CO)cc3C(=O)N2C1. The van der Waals surface area contributed by atoms with E-state index < -0.39 is 79.0 Å². The summed E-state index contributed by atoms with van der Waals surface area (Å²) in [5.41, 5.74) is 8.87. The Balaban J connectivity index is 0.809. The van der Waals surface area contributed by atoms with Crippen molar-refractivity contribution in [2.75, 3.05) is 56.3 Å². The number of amides is 9. The number of primary amides is 1. The molecule has 7 N–H and O–H groups in total. The lowest BCUT2D eigenvalue weighted by molar-refractivity contribution is -0.139. The molecule has 3 unspecified atom stereocenters. The molecular weight excluding hydrogens is 1390 g/mol. The van der Waals surface area contributed by atoms with E-state index >= 15 is 0 Å². The number of urea groups is 1. The van der Waals surface area contributed by atoms with Crippen LogP contribution in [-0.4, -0.2) is 171 Å². The average molecular weight is 1490 g/mol. The minimum atomic E-state index is -1.61. The van der Waals surface area contributed by atoms with Crippen molar-refractivity contribution in [3.8, 4) is 17.2 Å². The fraction of sp³-hybridized carbons (Fsp3) is 0.506. The third-order valence-electron chi connectivity index (χ3n) is 19.1. The first-order valence-corrected chi connectivity index (χ1v) is 37.9. The van der Waals surface area contributed by atoms with Crippen LogP contribution >= 0.6 is 21.6 Å². The van der Waals surface area contributed by atoms with Gasteiger partial charge in [-0.25, -0.2) is 24.2 Å². The number of unbranched alkanes of at least 4 members (excludes halogenated alkanes) is 4. The lowest BCUT2D eigenvalue weighted by Gasteiger charge is -2.31. The highest BCUT2D eigenvalue weighted by Gasteiger charge is 2.48. The summed E-state index contributed by atoms with van der Waals surface area (Å²) in [5.74, 6) is -3.00. The summed E-state index contributed by atoms with van der Waals surface area (Å²) in [6.07, 6.45) is -0.663. The van der Waals surface area contributed by atoms with Gasteiger partial charge in [-0.1, -0.05) is 130 Å². The van der Waals surface area contributed by atoms with E-state index in [0.717, 1.165) is 25.8 Å². The van der Waals surface area contributed by atoms with Crippen LogP contribution in [0.15, 0.2) is 102 Å². The molecule has 0 aromatic heterocycles. The maximum atomic E-state index is 14.5. The van der Waals surface area contributed by atoms with Crippen molar-refractivity contribution in [1.82, 2.24) is 25.3 Å². The van der Waals surface area contributed by atoms with E-state index in [4.69, 9.17) is 29.4 Å². The van der Waals surface area contributed by atoms with Crippen molar-refractivity contribution < 1.29 is 86.9 Å². The minimum Gasteiger partial charge on any atom is -0.493 e. The molecular formula is C77H98N8O18S2. The number of anilines is 2. The molecule has 7 atom stereocenters. The molecule has 0 spiro atoms. The molecule has 5 heterocycles. The van der Waals surface area contributed by atoms with Crippen LogP contribution in [0.5, 0.6) is 17.2 Å². The van der Waals surface area contributed by atoms with E-state index in [1.165, 1.54) is 46.1 Å². The number of methoxy groups -OCH3 is 1. The monoisotopic (exact) mass is 1490 g/mol. The molecule has 566 valence electrons. The van der Waals surface area contributed by atoms with Crippen LogP contribution in [0.25, 0.3) is 0 Å². The Labute approximate surface area is 620 Å². The molecule has 0 aliphatic carbocycles. The van der Waals surface area contributed by atoms with Crippen molar-refractivity contribution in [3.63, 3.8) is 0 Å². The van der Waals surface area contributed by atoms with E-state index in [0.29, 0.717) is 68.2 Å². The molecule has 9 rings (SSSR count). The number of aliphatic hydroxyl groups excluding tert-OH is 3. The lowest BCUT2D eigenvalue weighted by atomic mass is 9.88. The van der Waals surface area contributed by atoms with Gasteiger partial charge < -0.3 is 65.2 Å². The summed E-state index contributed by atoms with van der Waals surface area (Å²) >= 11 is 0. The van der Waals surface area contributed by atoms with Gasteiger partial charge in [0.1, 0.15) is 24.7 Å². The Morgan fingerprint density at radius 3 is 1.77 bits per heavy atom. The third-order valence-corrected chi connectivity index (χ3v) is 22.5. The second kappa shape index (κ2) is 36.4. The zero-order chi connectivity index (χ0) is 76.0. The van der Waals surface area contributed by atoms with E-state index in [1.807, 2.05) is 38.1 Å². The number of Topliss-reactive ketones (excluding diaryl/α,β-unsaturated/α-hetero) is 2. The largest absolute Gasteiger partial charge is 0.493 e. The number of aliphatic hydroxyl groups is 3. The number of imide groups is 1. The zero-order valence-electron chi connectivity index (χ0n) is 60.8. The summed E-state index contributed by atoms with van der Waals surface area (Å²) in [6, 6.07) is 16.7. The number of ketones is 2. The Kier molecular flexibility index (Phi) is 27.8. The van der Waals surface area contributed by atoms with Crippen LogP contribution < -0.4 is 40.4 Å². The normalized spacial score (nSPS) is 19.2. The number of carbonyl (C=O) groups excluding carboxylic acids is 10. The summed E-state index contributed by atoms with van der Waals surface area (Å²) in [5, 5.41) is 40.1. The minimum absolute atomic E-state index is 0.00783. The van der Waals surface area contributed by atoms with Gasteiger partial charge in [0, 0.05) is 91.0 Å². The predicted octanol–water partition coefficient (Wildman–Crippen LogP) is 10.1. The number of nitrogens with two attached hydrogens (primary N) is 1. The highest BCUT2D eigenvalue weighted by atomic mass is 33.1. The standard InChI is InChI=1S/C77H98N8O18S2/c1-45(2)55(36-53(87)17-12-10-13-28-81-67(89)33-48(5)69(81)91)68(90)80-58(18-16-27-79-74(78)96)63(88)34-49-19-21-50(22-20-49)43-102-75(97)84-59-38-64(52(42-86)35-56(59)70(92)82-40-46(3)31-61(82)72(84)94)100-29-14-11-15-30-101-66-39-60-57(37-65(66)99-9)71(93)83-41-47(4)32-62(83)73(95)85(60)76(98)103-44-51-23-25-54(26-24-51)104-105-77(6,7)8/h19-26,35,37-39,45,48,55,58,61-62,72-73,86,94-95H,3-4,10-18,27-34,36,40-44H2,1-2,5-9H3,(H,80,90)(H3,78,79,96)/t48?,55-,58-,61-,62-,72?,73?/m0/s1. The van der Waals surface area contributed by atoms with Gasteiger partial charge in [-0.3, -0.25) is 38.5 Å². The molecule has 0 radical (unpaired) electrons. The first-order valence-electron chi connectivity index (χ1n) is 35.8. The Morgan fingerprint density at radius 2 is 1.24 bits per heavy atom. The van der Waals surface area contributed by atoms with Gasteiger partial charge in [-0.2, -0.15) is 0 Å². The van der Waals surface area contributed by atoms with Crippen LogP contribution in [-0.2, 0) is 59.7 Å². The second-order valence-electron chi connectivity index (χ2n) is 28.8. The van der Waals surface area contributed by atoms with Crippen molar-refractivity contribution >= 4 is 92.3 Å². The number of likely N-dealkylation sites (tertiary alicyclic amines) is 1. The predicted molar refractivity (Wildman–Crippen MR) is 395 cm³/mol. The fourth-order valence-corrected chi connectivity index (χ4v) is 15.4. The summed E-state index contributed by atoms with van der Waals surface area (Å²) < 4.78 is 30.0. The van der Waals surface area contributed by atoms with E-state index in [-0.39, 0.29) is 176 Å². The van der Waals surface area contributed by atoms with Gasteiger partial charge >= 0.3 is 18.2 Å². The van der Waals surface area contributed by atoms with Crippen LogP contribution in [0.3, 0.4) is 0 Å². The molecule has 4 aromatic rings. The average Bonchev–Trinajstić information content (AvgIpc) is 1.62. The van der Waals surface area contributed by atoms with E-state index in [1.54, 1.807) is 52.8 Å². The maximum absolute atomic E-state index is 14.5. The number of benzene rings is 4. The zero-order valence-corrected chi connectivity index (χ0v) is 62.5. The van der Waals surface area contributed by atoms with Crippen LogP contribution in [0.4, 0.5) is 25.8 Å². The van der Waals surface area contributed by atoms with E-state index in [9.17, 15) is 63.3 Å². The Morgan fingerprint density at radius 1 is 0.695 bits per heavy atom. The Hall–Kier alpha value is -8.96. The van der Waals surface area contributed by atoms with Crippen molar-refractivity contribution in [3.05, 3.63) is 130 Å². The molecule has 105 heavy (non-hydrogen) atoms. The molecule has 0 bridgehead atoms. The highest BCUT2D eigenvalue weighted by molar-refractivity contribution is 8.77. The molecule has 28 heteroatoms. The van der Waals surface area contributed by atoms with Crippen molar-refractivity contribution in [2.45, 2.75) is 191 Å². The van der Waals surface area contributed by atoms with Gasteiger partial charge in [0.2, 0.25) is 17.7 Å². The van der Waals surface area contributed by atoms with Gasteiger partial charge in [-0.05, 0) is 105 Å². The quantitative estimate of drug-likeness (QED) is 0.0110. The van der Waals surface area contributed by atoms with E-state index in [2.05, 4.69) is 44.6 Å². The highest BCUT2D eigenvalue weighted by Crippen LogP contribution is 2.44. The molecule has 9 amide bonds. The molecule has 3 fully saturated rings. The van der Waals surface area contributed by atoms with Crippen LogP contribution in [0, 0.1) is 17.8 Å². The smallest absolute Gasteiger partial charge is 0.416 e. The van der Waals surface area contributed by atoms with Gasteiger partial charge in [-0.15, -0.1) is 0 Å². The molecule has 5 aliphatic heterocycles. The topological polar surface area (TPSA) is 344 Å². The van der Waals surface area contributed by atoms with Gasteiger partial charge in [0.05, 0.1) is 67.6 Å². The lowest BCUT2D eigenvalue weighted by Crippen LogP contribution is -2.50. The number of fused-ring (bicyclic) bond motifs is 4.